The fourth-order valence-electron chi connectivity index (χ4n) is 1.38. The Kier molecular flexibility index (Phi) is 3.56. The molecule has 2 aromatic rings. The van der Waals surface area contributed by atoms with Gasteiger partial charge in [0, 0.05) is 6.07 Å². The minimum Gasteiger partial charge on any atom is -0.477 e. The van der Waals surface area contributed by atoms with Gasteiger partial charge in [-0.15, -0.1) is 0 Å². The van der Waals surface area contributed by atoms with Crippen molar-refractivity contribution in [3.8, 4) is 11.6 Å². The maximum atomic E-state index is 12.7. The van der Waals surface area contributed by atoms with E-state index in [2.05, 4.69) is 4.98 Å². The molecule has 0 fully saturated rings. The van der Waals surface area contributed by atoms with Crippen molar-refractivity contribution in [1.29, 1.82) is 0 Å². The SMILES string of the molecule is O=C(O)c1ccc([N+](=O)[O-])c(Oc2ccc(F)cc2)n1. The summed E-state index contributed by atoms with van der Waals surface area (Å²) in [5, 5.41) is 19.6. The van der Waals surface area contributed by atoms with Gasteiger partial charge in [-0.25, -0.2) is 9.18 Å². The monoisotopic (exact) mass is 278 g/mol. The third-order valence-electron chi connectivity index (χ3n) is 2.28. The van der Waals surface area contributed by atoms with Crippen molar-refractivity contribution in [3.05, 3.63) is 58.0 Å². The minimum atomic E-state index is -1.34. The number of pyridine rings is 1. The molecule has 0 unspecified atom stereocenters. The molecular weight excluding hydrogens is 271 g/mol. The third-order valence-corrected chi connectivity index (χ3v) is 2.28. The first kappa shape index (κ1) is 13.4. The van der Waals surface area contributed by atoms with E-state index < -0.39 is 34.0 Å². The number of aromatic nitrogens is 1. The molecule has 1 heterocycles. The average molecular weight is 278 g/mol. The van der Waals surface area contributed by atoms with Crippen molar-refractivity contribution in [2.24, 2.45) is 0 Å². The lowest BCUT2D eigenvalue weighted by Gasteiger charge is -2.05. The number of hydrogen-bond donors (Lipinski definition) is 1. The van der Waals surface area contributed by atoms with Crippen molar-refractivity contribution in [1.82, 2.24) is 4.98 Å². The van der Waals surface area contributed by atoms with Gasteiger partial charge in [0.05, 0.1) is 4.92 Å². The standard InChI is InChI=1S/C12H7FN2O5/c13-7-1-3-8(4-2-7)20-11-10(15(18)19)6-5-9(14-11)12(16)17/h1-6H,(H,16,17). The lowest BCUT2D eigenvalue weighted by Crippen LogP contribution is -2.03. The van der Waals surface area contributed by atoms with Gasteiger partial charge in [0.1, 0.15) is 11.6 Å². The first-order valence-electron chi connectivity index (χ1n) is 5.29. The summed E-state index contributed by atoms with van der Waals surface area (Å²) < 4.78 is 17.9. The molecular formula is C12H7FN2O5. The molecule has 0 saturated carbocycles. The summed E-state index contributed by atoms with van der Waals surface area (Å²) in [5.41, 5.74) is -0.882. The first-order valence-corrected chi connectivity index (χ1v) is 5.29. The highest BCUT2D eigenvalue weighted by Crippen LogP contribution is 2.29. The predicted molar refractivity (Wildman–Crippen MR) is 64.3 cm³/mol. The van der Waals surface area contributed by atoms with Crippen LogP contribution in [0.15, 0.2) is 36.4 Å². The zero-order valence-electron chi connectivity index (χ0n) is 9.82. The maximum Gasteiger partial charge on any atom is 0.354 e. The van der Waals surface area contributed by atoms with Gasteiger partial charge in [0.15, 0.2) is 5.69 Å². The summed E-state index contributed by atoms with van der Waals surface area (Å²) in [6.45, 7) is 0. The van der Waals surface area contributed by atoms with Crippen molar-refractivity contribution in [2.45, 2.75) is 0 Å². The van der Waals surface area contributed by atoms with E-state index in [1.54, 1.807) is 0 Å². The van der Waals surface area contributed by atoms with Crippen molar-refractivity contribution >= 4 is 11.7 Å². The maximum absolute atomic E-state index is 12.7. The zero-order valence-corrected chi connectivity index (χ0v) is 9.82. The zero-order chi connectivity index (χ0) is 14.7. The number of rotatable bonds is 4. The van der Waals surface area contributed by atoms with E-state index >= 15 is 0 Å². The largest absolute Gasteiger partial charge is 0.477 e. The topological polar surface area (TPSA) is 103 Å². The van der Waals surface area contributed by atoms with Crippen LogP contribution >= 0.6 is 0 Å². The second kappa shape index (κ2) is 5.31. The van der Waals surface area contributed by atoms with Crippen LogP contribution in [0.1, 0.15) is 10.5 Å². The summed E-state index contributed by atoms with van der Waals surface area (Å²) in [7, 11) is 0. The molecule has 102 valence electrons. The Morgan fingerprint density at radius 2 is 1.90 bits per heavy atom. The van der Waals surface area contributed by atoms with Crippen molar-refractivity contribution in [3.63, 3.8) is 0 Å². The van der Waals surface area contributed by atoms with Gasteiger partial charge >= 0.3 is 11.7 Å². The first-order chi connectivity index (χ1) is 9.47. The second-order valence-electron chi connectivity index (χ2n) is 3.64. The van der Waals surface area contributed by atoms with Crippen LogP contribution in [-0.2, 0) is 0 Å². The minimum absolute atomic E-state index is 0.101. The van der Waals surface area contributed by atoms with Crippen molar-refractivity contribution in [2.75, 3.05) is 0 Å². The third kappa shape index (κ3) is 2.86. The number of aromatic carboxylic acids is 1. The molecule has 8 heteroatoms. The number of carboxylic acid groups (broad SMARTS) is 1. The highest BCUT2D eigenvalue weighted by atomic mass is 19.1. The second-order valence-corrected chi connectivity index (χ2v) is 3.64. The van der Waals surface area contributed by atoms with E-state index in [1.807, 2.05) is 0 Å². The number of benzene rings is 1. The number of nitrogens with zero attached hydrogens (tertiary/aromatic N) is 2. The van der Waals surface area contributed by atoms with Crippen LogP contribution < -0.4 is 4.74 Å². The quantitative estimate of drug-likeness (QED) is 0.681. The van der Waals surface area contributed by atoms with Gasteiger partial charge in [0.25, 0.3) is 5.88 Å². The van der Waals surface area contributed by atoms with Crippen LogP contribution in [0.3, 0.4) is 0 Å². The summed E-state index contributed by atoms with van der Waals surface area (Å²) in [6, 6.07) is 6.67. The van der Waals surface area contributed by atoms with Gasteiger partial charge in [-0.1, -0.05) is 0 Å². The van der Waals surface area contributed by atoms with Gasteiger partial charge in [-0.2, -0.15) is 4.98 Å². The molecule has 0 bridgehead atoms. The lowest BCUT2D eigenvalue weighted by atomic mass is 10.3. The molecule has 0 saturated heterocycles. The number of nitro groups is 1. The molecule has 2 rings (SSSR count). The molecule has 0 radical (unpaired) electrons. The average Bonchev–Trinajstić information content (AvgIpc) is 2.41. The number of carboxylic acids is 1. The lowest BCUT2D eigenvalue weighted by molar-refractivity contribution is -0.386. The summed E-state index contributed by atoms with van der Waals surface area (Å²) in [5.74, 6) is -2.21. The Balaban J connectivity index is 2.41. The fraction of sp³-hybridized carbons (Fsp3) is 0. The smallest absolute Gasteiger partial charge is 0.354 e. The molecule has 0 aliphatic carbocycles. The normalized spacial score (nSPS) is 10.1. The Labute approximate surface area is 111 Å². The molecule has 0 amide bonds. The van der Waals surface area contributed by atoms with E-state index in [4.69, 9.17) is 9.84 Å². The summed E-state index contributed by atoms with van der Waals surface area (Å²) in [4.78, 5) is 24.4. The van der Waals surface area contributed by atoms with Crippen LogP contribution in [0.5, 0.6) is 11.6 Å². The molecule has 1 N–H and O–H groups in total. The van der Waals surface area contributed by atoms with Gasteiger partial charge in [-0.3, -0.25) is 10.1 Å². The van der Waals surface area contributed by atoms with E-state index in [0.29, 0.717) is 0 Å². The van der Waals surface area contributed by atoms with Gasteiger partial charge in [-0.05, 0) is 30.3 Å². The Hall–Kier alpha value is -3.03. The van der Waals surface area contributed by atoms with E-state index in [-0.39, 0.29) is 5.75 Å². The van der Waals surface area contributed by atoms with E-state index in [0.717, 1.165) is 24.3 Å². The number of halogens is 1. The van der Waals surface area contributed by atoms with Crippen LogP contribution in [0.2, 0.25) is 0 Å². The molecule has 20 heavy (non-hydrogen) atoms. The van der Waals surface area contributed by atoms with Crippen molar-refractivity contribution < 1.29 is 24.0 Å². The highest BCUT2D eigenvalue weighted by Gasteiger charge is 2.20. The molecule has 1 aromatic carbocycles. The number of hydrogen-bond acceptors (Lipinski definition) is 5. The Bertz CT molecular complexity index is 672. The summed E-state index contributed by atoms with van der Waals surface area (Å²) in [6.07, 6.45) is 0. The molecule has 7 nitrogen and oxygen atoms in total. The van der Waals surface area contributed by atoms with Crippen LogP contribution in [0.25, 0.3) is 0 Å². The highest BCUT2D eigenvalue weighted by molar-refractivity contribution is 5.85. The van der Waals surface area contributed by atoms with Crippen LogP contribution in [-0.4, -0.2) is 21.0 Å². The van der Waals surface area contributed by atoms with Gasteiger partial charge < -0.3 is 9.84 Å². The fourth-order valence-corrected chi connectivity index (χ4v) is 1.38. The number of carbonyl (C=O) groups is 1. The molecule has 0 aliphatic heterocycles. The molecule has 0 atom stereocenters. The Morgan fingerprint density at radius 1 is 1.25 bits per heavy atom. The van der Waals surface area contributed by atoms with E-state index in [1.165, 1.54) is 12.1 Å². The Morgan fingerprint density at radius 3 is 2.45 bits per heavy atom. The number of ether oxygens (including phenoxy) is 1. The van der Waals surface area contributed by atoms with Gasteiger partial charge in [0.2, 0.25) is 0 Å². The van der Waals surface area contributed by atoms with Crippen LogP contribution in [0, 0.1) is 15.9 Å². The summed E-state index contributed by atoms with van der Waals surface area (Å²) >= 11 is 0. The molecule has 0 spiro atoms. The van der Waals surface area contributed by atoms with E-state index in [9.17, 15) is 19.3 Å². The molecule has 1 aromatic heterocycles. The van der Waals surface area contributed by atoms with Crippen LogP contribution in [0.4, 0.5) is 10.1 Å². The molecule has 0 aliphatic rings. The predicted octanol–water partition coefficient (Wildman–Crippen LogP) is 2.62.